The minimum atomic E-state index is 0.0130. The van der Waals surface area contributed by atoms with Crippen molar-refractivity contribution in [2.75, 3.05) is 6.54 Å². The molecule has 2 nitrogen and oxygen atoms in total. The molecule has 1 rings (SSSR count). The highest BCUT2D eigenvalue weighted by molar-refractivity contribution is 4.78. The number of rotatable bonds is 4. The monoisotopic (exact) mass is 157 g/mol. The van der Waals surface area contributed by atoms with Crippen LogP contribution in [0.25, 0.3) is 0 Å². The Balaban J connectivity index is 1.89. The van der Waals surface area contributed by atoms with Crippen LogP contribution in [0.3, 0.4) is 0 Å². The molecule has 0 aromatic rings. The molecule has 0 amide bonds. The highest BCUT2D eigenvalue weighted by Crippen LogP contribution is 2.29. The summed E-state index contributed by atoms with van der Waals surface area (Å²) in [4.78, 5) is 0. The van der Waals surface area contributed by atoms with Gasteiger partial charge in [-0.05, 0) is 31.7 Å². The summed E-state index contributed by atoms with van der Waals surface area (Å²) >= 11 is 0. The van der Waals surface area contributed by atoms with E-state index in [0.717, 1.165) is 25.3 Å². The van der Waals surface area contributed by atoms with Gasteiger partial charge in [0.25, 0.3) is 0 Å². The molecule has 1 aliphatic carbocycles. The molecule has 0 unspecified atom stereocenters. The molecule has 2 N–H and O–H groups in total. The molecule has 1 saturated carbocycles. The number of aliphatic hydroxyl groups is 1. The Hall–Kier alpha value is -0.0800. The van der Waals surface area contributed by atoms with Crippen LogP contribution in [0.1, 0.15) is 33.1 Å². The van der Waals surface area contributed by atoms with E-state index < -0.39 is 0 Å². The zero-order valence-electron chi connectivity index (χ0n) is 7.51. The Morgan fingerprint density at radius 2 is 2.09 bits per heavy atom. The third-order valence-corrected chi connectivity index (χ3v) is 2.32. The van der Waals surface area contributed by atoms with Crippen molar-refractivity contribution >= 4 is 0 Å². The lowest BCUT2D eigenvalue weighted by Crippen LogP contribution is -2.32. The SMILES string of the molecule is CC(C)NCCC1CC(O)C1. The average molecular weight is 157 g/mol. The van der Waals surface area contributed by atoms with E-state index in [1.807, 2.05) is 0 Å². The molecule has 0 saturated heterocycles. The smallest absolute Gasteiger partial charge is 0.0545 e. The van der Waals surface area contributed by atoms with Crippen molar-refractivity contribution in [2.24, 2.45) is 5.92 Å². The van der Waals surface area contributed by atoms with Crippen LogP contribution in [-0.4, -0.2) is 23.8 Å². The van der Waals surface area contributed by atoms with Gasteiger partial charge in [-0.2, -0.15) is 0 Å². The fourth-order valence-corrected chi connectivity index (χ4v) is 1.51. The van der Waals surface area contributed by atoms with Gasteiger partial charge in [0.15, 0.2) is 0 Å². The quantitative estimate of drug-likeness (QED) is 0.641. The molecular weight excluding hydrogens is 138 g/mol. The van der Waals surface area contributed by atoms with E-state index in [4.69, 9.17) is 5.11 Å². The highest BCUT2D eigenvalue weighted by Gasteiger charge is 2.26. The molecular formula is C9H19NO. The molecule has 0 radical (unpaired) electrons. The second-order valence-electron chi connectivity index (χ2n) is 3.89. The number of hydrogen-bond acceptors (Lipinski definition) is 2. The van der Waals surface area contributed by atoms with E-state index in [-0.39, 0.29) is 6.10 Å². The van der Waals surface area contributed by atoms with E-state index in [9.17, 15) is 0 Å². The molecule has 11 heavy (non-hydrogen) atoms. The van der Waals surface area contributed by atoms with Gasteiger partial charge in [-0.1, -0.05) is 13.8 Å². The first-order valence-corrected chi connectivity index (χ1v) is 4.60. The van der Waals surface area contributed by atoms with Crippen molar-refractivity contribution < 1.29 is 5.11 Å². The summed E-state index contributed by atoms with van der Waals surface area (Å²) in [6.07, 6.45) is 3.30. The molecule has 0 atom stereocenters. The standard InChI is InChI=1S/C9H19NO/c1-7(2)10-4-3-8-5-9(11)6-8/h7-11H,3-6H2,1-2H3. The number of aliphatic hydroxyl groups excluding tert-OH is 1. The fourth-order valence-electron chi connectivity index (χ4n) is 1.51. The van der Waals surface area contributed by atoms with Crippen LogP contribution < -0.4 is 5.32 Å². The highest BCUT2D eigenvalue weighted by atomic mass is 16.3. The summed E-state index contributed by atoms with van der Waals surface area (Å²) in [5.41, 5.74) is 0. The van der Waals surface area contributed by atoms with Crippen molar-refractivity contribution in [3.05, 3.63) is 0 Å². The van der Waals surface area contributed by atoms with Gasteiger partial charge >= 0.3 is 0 Å². The lowest BCUT2D eigenvalue weighted by atomic mass is 9.80. The summed E-state index contributed by atoms with van der Waals surface area (Å²) in [5.74, 6) is 0.788. The Labute approximate surface area is 69.0 Å². The molecule has 0 bridgehead atoms. The van der Waals surface area contributed by atoms with E-state index in [1.54, 1.807) is 0 Å². The predicted molar refractivity (Wildman–Crippen MR) is 46.5 cm³/mol. The zero-order valence-corrected chi connectivity index (χ0v) is 7.51. The molecule has 1 aliphatic rings. The van der Waals surface area contributed by atoms with E-state index in [2.05, 4.69) is 19.2 Å². The van der Waals surface area contributed by atoms with Gasteiger partial charge in [-0.3, -0.25) is 0 Å². The van der Waals surface area contributed by atoms with Crippen LogP contribution in [0.15, 0.2) is 0 Å². The van der Waals surface area contributed by atoms with Gasteiger partial charge in [-0.25, -0.2) is 0 Å². The molecule has 0 aliphatic heterocycles. The largest absolute Gasteiger partial charge is 0.393 e. The fraction of sp³-hybridized carbons (Fsp3) is 1.00. The van der Waals surface area contributed by atoms with Gasteiger partial charge in [0, 0.05) is 6.04 Å². The van der Waals surface area contributed by atoms with E-state index >= 15 is 0 Å². The Morgan fingerprint density at radius 1 is 1.45 bits per heavy atom. The van der Waals surface area contributed by atoms with Crippen LogP contribution in [-0.2, 0) is 0 Å². The van der Waals surface area contributed by atoms with Gasteiger partial charge < -0.3 is 10.4 Å². The molecule has 0 aromatic heterocycles. The van der Waals surface area contributed by atoms with E-state index in [1.165, 1.54) is 6.42 Å². The predicted octanol–water partition coefficient (Wildman–Crippen LogP) is 1.15. The zero-order chi connectivity index (χ0) is 8.27. The second kappa shape index (κ2) is 4.07. The molecule has 1 fully saturated rings. The summed E-state index contributed by atoms with van der Waals surface area (Å²) in [6, 6.07) is 0.597. The summed E-state index contributed by atoms with van der Waals surface area (Å²) in [5, 5.41) is 12.4. The van der Waals surface area contributed by atoms with Crippen LogP contribution in [0.5, 0.6) is 0 Å². The minimum Gasteiger partial charge on any atom is -0.393 e. The molecule has 66 valence electrons. The van der Waals surface area contributed by atoms with Crippen LogP contribution in [0.4, 0.5) is 0 Å². The number of hydrogen-bond donors (Lipinski definition) is 2. The van der Waals surface area contributed by atoms with E-state index in [0.29, 0.717) is 6.04 Å². The maximum Gasteiger partial charge on any atom is 0.0545 e. The first-order valence-electron chi connectivity index (χ1n) is 4.60. The third-order valence-electron chi connectivity index (χ3n) is 2.32. The molecule has 2 heteroatoms. The van der Waals surface area contributed by atoms with Gasteiger partial charge in [-0.15, -0.1) is 0 Å². The maximum absolute atomic E-state index is 9.01. The van der Waals surface area contributed by atoms with Gasteiger partial charge in [0.05, 0.1) is 6.10 Å². The molecule has 0 spiro atoms. The minimum absolute atomic E-state index is 0.0130. The first kappa shape index (κ1) is 9.01. The maximum atomic E-state index is 9.01. The second-order valence-corrected chi connectivity index (χ2v) is 3.89. The van der Waals surface area contributed by atoms with Crippen molar-refractivity contribution in [1.29, 1.82) is 0 Å². The van der Waals surface area contributed by atoms with Crippen molar-refractivity contribution in [2.45, 2.75) is 45.3 Å². The Bertz CT molecular complexity index is 108. The Morgan fingerprint density at radius 3 is 2.55 bits per heavy atom. The van der Waals surface area contributed by atoms with Gasteiger partial charge in [0.1, 0.15) is 0 Å². The van der Waals surface area contributed by atoms with Crippen LogP contribution in [0, 0.1) is 5.92 Å². The lowest BCUT2D eigenvalue weighted by Gasteiger charge is -2.31. The summed E-state index contributed by atoms with van der Waals surface area (Å²) in [7, 11) is 0. The van der Waals surface area contributed by atoms with Crippen LogP contribution in [0.2, 0.25) is 0 Å². The summed E-state index contributed by atoms with van der Waals surface area (Å²) in [6.45, 7) is 5.43. The summed E-state index contributed by atoms with van der Waals surface area (Å²) < 4.78 is 0. The van der Waals surface area contributed by atoms with Crippen molar-refractivity contribution in [3.63, 3.8) is 0 Å². The normalized spacial score (nSPS) is 30.5. The van der Waals surface area contributed by atoms with Crippen LogP contribution >= 0.6 is 0 Å². The number of nitrogens with one attached hydrogen (secondary N) is 1. The topological polar surface area (TPSA) is 32.3 Å². The molecule has 0 heterocycles. The molecule has 0 aromatic carbocycles. The van der Waals surface area contributed by atoms with Crippen molar-refractivity contribution in [3.8, 4) is 0 Å². The van der Waals surface area contributed by atoms with Crippen molar-refractivity contribution in [1.82, 2.24) is 5.32 Å². The lowest BCUT2D eigenvalue weighted by molar-refractivity contribution is 0.0392. The third kappa shape index (κ3) is 3.21. The average Bonchev–Trinajstić information content (AvgIpc) is 1.83. The van der Waals surface area contributed by atoms with Gasteiger partial charge in [0.2, 0.25) is 0 Å². The Kier molecular flexibility index (Phi) is 3.34. The first-order chi connectivity index (χ1) is 5.18.